The van der Waals surface area contributed by atoms with Crippen molar-refractivity contribution in [1.29, 1.82) is 5.26 Å². The summed E-state index contributed by atoms with van der Waals surface area (Å²) in [6.45, 7) is 6.16. The second kappa shape index (κ2) is 7.75. The molecule has 1 atom stereocenters. The Morgan fingerprint density at radius 3 is 2.46 bits per heavy atom. The molecule has 0 amide bonds. The lowest BCUT2D eigenvalue weighted by molar-refractivity contribution is 0.261. The van der Waals surface area contributed by atoms with E-state index in [2.05, 4.69) is 16.4 Å². The highest BCUT2D eigenvalue weighted by atomic mass is 16.5. The minimum absolute atomic E-state index is 0.0105. The summed E-state index contributed by atoms with van der Waals surface area (Å²) in [7, 11) is 0. The van der Waals surface area contributed by atoms with E-state index in [0.29, 0.717) is 11.8 Å². The van der Waals surface area contributed by atoms with E-state index in [-0.39, 0.29) is 18.3 Å². The number of nitrogens with zero attached hydrogens (tertiary/aromatic N) is 2. The summed E-state index contributed by atoms with van der Waals surface area (Å²) < 4.78 is 11.6. The Hall–Kier alpha value is -3.26. The van der Waals surface area contributed by atoms with Crippen LogP contribution in [-0.2, 0) is 6.61 Å². The Morgan fingerprint density at radius 2 is 1.81 bits per heavy atom. The third-order valence-electron chi connectivity index (χ3n) is 4.17. The zero-order chi connectivity index (χ0) is 18.5. The van der Waals surface area contributed by atoms with Crippen molar-refractivity contribution in [2.45, 2.75) is 33.4 Å². The van der Waals surface area contributed by atoms with E-state index in [1.807, 2.05) is 69.3 Å². The van der Waals surface area contributed by atoms with Gasteiger partial charge in [0.1, 0.15) is 11.8 Å². The van der Waals surface area contributed by atoms with E-state index in [1.54, 1.807) is 0 Å². The summed E-state index contributed by atoms with van der Waals surface area (Å²) in [4.78, 5) is 4.23. The molecule has 1 unspecified atom stereocenters. The van der Waals surface area contributed by atoms with Crippen LogP contribution in [0.1, 0.15) is 41.2 Å². The fourth-order valence-electron chi connectivity index (χ4n) is 2.78. The molecule has 0 aliphatic rings. The Labute approximate surface area is 153 Å². The molecule has 0 fully saturated rings. The summed E-state index contributed by atoms with van der Waals surface area (Å²) in [5, 5.41) is 12.5. The first kappa shape index (κ1) is 17.6. The first-order chi connectivity index (χ1) is 12.6. The SMILES string of the molecule is Cc1cccc(C)c1OCc1nc(C#N)c(NC(C)c2ccccc2)o1. The molecule has 0 aliphatic carbocycles. The number of oxazole rings is 1. The van der Waals surface area contributed by atoms with Gasteiger partial charge in [0.25, 0.3) is 0 Å². The largest absolute Gasteiger partial charge is 0.483 e. The highest BCUT2D eigenvalue weighted by Crippen LogP contribution is 2.26. The predicted octanol–water partition coefficient (Wildman–Crippen LogP) is 4.92. The second-order valence-electron chi connectivity index (χ2n) is 6.18. The van der Waals surface area contributed by atoms with E-state index in [9.17, 15) is 5.26 Å². The number of hydrogen-bond donors (Lipinski definition) is 1. The first-order valence-electron chi connectivity index (χ1n) is 8.48. The minimum Gasteiger partial charge on any atom is -0.483 e. The second-order valence-corrected chi connectivity index (χ2v) is 6.18. The molecule has 0 radical (unpaired) electrons. The van der Waals surface area contributed by atoms with Gasteiger partial charge in [-0.25, -0.2) is 0 Å². The van der Waals surface area contributed by atoms with Crippen molar-refractivity contribution in [3.05, 3.63) is 76.8 Å². The van der Waals surface area contributed by atoms with Crippen molar-refractivity contribution in [2.24, 2.45) is 0 Å². The summed E-state index contributed by atoms with van der Waals surface area (Å²) in [5.74, 6) is 1.55. The lowest BCUT2D eigenvalue weighted by atomic mass is 10.1. The molecule has 5 heteroatoms. The van der Waals surface area contributed by atoms with Crippen LogP contribution in [0.25, 0.3) is 0 Å². The number of nitriles is 1. The van der Waals surface area contributed by atoms with Crippen molar-refractivity contribution >= 4 is 5.88 Å². The van der Waals surface area contributed by atoms with E-state index < -0.39 is 0 Å². The minimum atomic E-state index is -0.0105. The average Bonchev–Trinajstić information content (AvgIpc) is 3.04. The van der Waals surface area contributed by atoms with Gasteiger partial charge in [0.2, 0.25) is 17.5 Å². The van der Waals surface area contributed by atoms with Gasteiger partial charge in [-0.3, -0.25) is 0 Å². The van der Waals surface area contributed by atoms with Crippen LogP contribution in [0.5, 0.6) is 5.75 Å². The molecule has 0 spiro atoms. The number of benzene rings is 2. The van der Waals surface area contributed by atoms with Gasteiger partial charge >= 0.3 is 0 Å². The lowest BCUT2D eigenvalue weighted by Crippen LogP contribution is -2.06. The molecular formula is C21H21N3O2. The number of para-hydroxylation sites is 1. The van der Waals surface area contributed by atoms with E-state index in [1.165, 1.54) is 0 Å². The fraction of sp³-hybridized carbons (Fsp3) is 0.238. The van der Waals surface area contributed by atoms with Gasteiger partial charge < -0.3 is 14.5 Å². The molecule has 3 aromatic rings. The summed E-state index contributed by atoms with van der Waals surface area (Å²) in [6, 6.07) is 18.0. The van der Waals surface area contributed by atoms with Gasteiger partial charge in [-0.1, -0.05) is 48.5 Å². The number of ether oxygens (including phenoxy) is 1. The molecule has 132 valence electrons. The Kier molecular flexibility index (Phi) is 5.23. The van der Waals surface area contributed by atoms with Crippen molar-refractivity contribution in [3.8, 4) is 11.8 Å². The summed E-state index contributed by atoms with van der Waals surface area (Å²) in [5.41, 5.74) is 3.43. The maximum absolute atomic E-state index is 9.34. The van der Waals surface area contributed by atoms with Gasteiger partial charge in [0.05, 0.1) is 6.04 Å². The van der Waals surface area contributed by atoms with Crippen LogP contribution in [0.15, 0.2) is 52.9 Å². The van der Waals surface area contributed by atoms with Crippen LogP contribution in [0.2, 0.25) is 0 Å². The monoisotopic (exact) mass is 347 g/mol. The van der Waals surface area contributed by atoms with Crippen LogP contribution in [0.3, 0.4) is 0 Å². The number of hydrogen-bond acceptors (Lipinski definition) is 5. The van der Waals surface area contributed by atoms with Gasteiger partial charge in [-0.05, 0) is 37.5 Å². The molecule has 3 rings (SSSR count). The number of aryl methyl sites for hydroxylation is 2. The standard InChI is InChI=1S/C21H21N3O2/c1-14-8-7-9-15(2)20(14)25-13-19-24-18(12-22)21(26-19)23-16(3)17-10-5-4-6-11-17/h4-11,16,23H,13H2,1-3H3. The third kappa shape index (κ3) is 3.86. The molecule has 0 bridgehead atoms. The fourth-order valence-corrected chi connectivity index (χ4v) is 2.78. The van der Waals surface area contributed by atoms with E-state index in [0.717, 1.165) is 22.4 Å². The quantitative estimate of drug-likeness (QED) is 0.685. The van der Waals surface area contributed by atoms with E-state index in [4.69, 9.17) is 9.15 Å². The van der Waals surface area contributed by atoms with Crippen molar-refractivity contribution in [1.82, 2.24) is 4.98 Å². The number of anilines is 1. The van der Waals surface area contributed by atoms with Crippen LogP contribution in [0, 0.1) is 25.2 Å². The average molecular weight is 347 g/mol. The zero-order valence-corrected chi connectivity index (χ0v) is 15.1. The van der Waals surface area contributed by atoms with Gasteiger partial charge in [0, 0.05) is 0 Å². The zero-order valence-electron chi connectivity index (χ0n) is 15.1. The molecule has 5 nitrogen and oxygen atoms in total. The Morgan fingerprint density at radius 1 is 1.12 bits per heavy atom. The van der Waals surface area contributed by atoms with Crippen LogP contribution < -0.4 is 10.1 Å². The predicted molar refractivity (Wildman–Crippen MR) is 99.9 cm³/mol. The normalized spacial score (nSPS) is 11.6. The van der Waals surface area contributed by atoms with Gasteiger partial charge in [0.15, 0.2) is 6.61 Å². The van der Waals surface area contributed by atoms with Crippen molar-refractivity contribution in [3.63, 3.8) is 0 Å². The topological polar surface area (TPSA) is 71.1 Å². The highest BCUT2D eigenvalue weighted by molar-refractivity contribution is 5.47. The molecule has 1 heterocycles. The highest BCUT2D eigenvalue weighted by Gasteiger charge is 2.17. The number of aromatic nitrogens is 1. The molecule has 26 heavy (non-hydrogen) atoms. The lowest BCUT2D eigenvalue weighted by Gasteiger charge is -2.13. The molecule has 1 N–H and O–H groups in total. The number of nitrogens with one attached hydrogen (secondary N) is 1. The van der Waals surface area contributed by atoms with Gasteiger partial charge in [-0.15, -0.1) is 0 Å². The maximum Gasteiger partial charge on any atom is 0.236 e. The first-order valence-corrected chi connectivity index (χ1v) is 8.48. The van der Waals surface area contributed by atoms with Crippen molar-refractivity contribution < 1.29 is 9.15 Å². The summed E-state index contributed by atoms with van der Waals surface area (Å²) >= 11 is 0. The Balaban J connectivity index is 1.74. The van der Waals surface area contributed by atoms with Crippen molar-refractivity contribution in [2.75, 3.05) is 5.32 Å². The van der Waals surface area contributed by atoms with Gasteiger partial charge in [-0.2, -0.15) is 10.2 Å². The maximum atomic E-state index is 9.34. The molecule has 1 aromatic heterocycles. The van der Waals surface area contributed by atoms with Crippen LogP contribution in [0.4, 0.5) is 5.88 Å². The third-order valence-corrected chi connectivity index (χ3v) is 4.17. The van der Waals surface area contributed by atoms with Crippen LogP contribution >= 0.6 is 0 Å². The molecular weight excluding hydrogens is 326 g/mol. The molecule has 2 aromatic carbocycles. The summed E-state index contributed by atoms with van der Waals surface area (Å²) in [6.07, 6.45) is 0. The molecule has 0 saturated carbocycles. The number of rotatable bonds is 6. The molecule has 0 aliphatic heterocycles. The smallest absolute Gasteiger partial charge is 0.236 e. The van der Waals surface area contributed by atoms with E-state index >= 15 is 0 Å². The van der Waals surface area contributed by atoms with Crippen LogP contribution in [-0.4, -0.2) is 4.98 Å². The molecule has 0 saturated heterocycles. The Bertz CT molecular complexity index is 906.